The molecule has 0 aromatic heterocycles. The van der Waals surface area contributed by atoms with Crippen LogP contribution in [0.25, 0.3) is 0 Å². The molecule has 0 N–H and O–H groups in total. The van der Waals surface area contributed by atoms with E-state index in [0.29, 0.717) is 0 Å². The molecular formula is C8H8BrCl4F3. The molecule has 16 heavy (non-hydrogen) atoms. The van der Waals surface area contributed by atoms with Crippen molar-refractivity contribution in [3.05, 3.63) is 25.3 Å². The monoisotopic (exact) mass is 380 g/mol. The third-order valence-electron chi connectivity index (χ3n) is 1.11. The molecule has 0 radical (unpaired) electrons. The molecule has 0 aliphatic heterocycles. The van der Waals surface area contributed by atoms with Crippen LogP contribution in [0.4, 0.5) is 13.2 Å². The lowest BCUT2D eigenvalue weighted by Gasteiger charge is -2.27. The van der Waals surface area contributed by atoms with E-state index in [1.165, 1.54) is 0 Å². The minimum atomic E-state index is -3.99. The zero-order chi connectivity index (χ0) is 13.6. The van der Waals surface area contributed by atoms with Crippen LogP contribution in [0.15, 0.2) is 25.3 Å². The van der Waals surface area contributed by atoms with Gasteiger partial charge in [0.05, 0.1) is 0 Å². The van der Waals surface area contributed by atoms with Crippen LogP contribution in [0.1, 0.15) is 0 Å². The van der Waals surface area contributed by atoms with Gasteiger partial charge in [-0.05, 0) is 15.9 Å². The number of hydrogen-bond acceptors (Lipinski definition) is 0. The Labute approximate surface area is 120 Å². The summed E-state index contributed by atoms with van der Waals surface area (Å²) in [5.41, 5.74) is 0. The van der Waals surface area contributed by atoms with E-state index in [9.17, 15) is 13.2 Å². The average Bonchev–Trinajstić information content (AvgIpc) is 2.15. The molecule has 0 aromatic carbocycles. The van der Waals surface area contributed by atoms with Gasteiger partial charge in [-0.15, -0.1) is 34.8 Å². The van der Waals surface area contributed by atoms with E-state index in [4.69, 9.17) is 46.4 Å². The van der Waals surface area contributed by atoms with E-state index in [2.05, 4.69) is 13.2 Å². The summed E-state index contributed by atoms with van der Waals surface area (Å²) in [5.74, 6) is 0. The smallest absolute Gasteiger partial charge is 0.217 e. The third-order valence-corrected chi connectivity index (χ3v) is 3.82. The Kier molecular flexibility index (Phi) is 9.73. The van der Waals surface area contributed by atoms with Crippen molar-refractivity contribution in [2.75, 3.05) is 0 Å². The maximum absolute atomic E-state index is 12.9. The van der Waals surface area contributed by atoms with Gasteiger partial charge in [-0.3, -0.25) is 0 Å². The minimum absolute atomic E-state index is 1.53. The second-order valence-corrected chi connectivity index (χ2v) is 5.51. The van der Waals surface area contributed by atoms with E-state index >= 15 is 0 Å². The lowest BCUT2D eigenvalue weighted by Crippen LogP contribution is -2.45. The Morgan fingerprint density at radius 2 is 1.38 bits per heavy atom. The van der Waals surface area contributed by atoms with Crippen LogP contribution in [-0.2, 0) is 0 Å². The Morgan fingerprint density at radius 1 is 1.06 bits per heavy atom. The quantitative estimate of drug-likeness (QED) is 0.435. The highest BCUT2D eigenvalue weighted by Gasteiger charge is 2.58. The Bertz CT molecular complexity index is 222. The van der Waals surface area contributed by atoms with Crippen molar-refractivity contribution in [1.29, 1.82) is 0 Å². The molecule has 0 heterocycles. The molecule has 0 nitrogen and oxygen atoms in total. The summed E-state index contributed by atoms with van der Waals surface area (Å²) in [4.78, 5) is -5.52. The van der Waals surface area contributed by atoms with Crippen LogP contribution in [0.5, 0.6) is 0 Å². The van der Waals surface area contributed by atoms with Crippen LogP contribution >= 0.6 is 62.3 Å². The first kappa shape index (κ1) is 19.3. The zero-order valence-corrected chi connectivity index (χ0v) is 12.4. The highest BCUT2D eigenvalue weighted by atomic mass is 79.9. The molecule has 0 spiro atoms. The minimum Gasteiger partial charge on any atom is -0.217 e. The first-order chi connectivity index (χ1) is 7.02. The fourth-order valence-electron chi connectivity index (χ4n) is 0.315. The van der Waals surface area contributed by atoms with Gasteiger partial charge in [0, 0.05) is 0 Å². The van der Waals surface area contributed by atoms with Gasteiger partial charge in [0.2, 0.25) is 0 Å². The first-order valence-corrected chi connectivity index (χ1v) is 6.10. The van der Waals surface area contributed by atoms with Crippen LogP contribution in [0.2, 0.25) is 0 Å². The molecular weight excluding hydrogens is 375 g/mol. The van der Waals surface area contributed by atoms with Crippen molar-refractivity contribution < 1.29 is 13.2 Å². The maximum atomic E-state index is 12.9. The van der Waals surface area contributed by atoms with E-state index in [0.717, 1.165) is 0 Å². The molecule has 0 rings (SSSR count). The van der Waals surface area contributed by atoms with Crippen molar-refractivity contribution in [2.24, 2.45) is 0 Å². The number of alkyl halides is 8. The van der Waals surface area contributed by atoms with E-state index in [1.54, 1.807) is 28.1 Å². The molecule has 0 aromatic rings. The Balaban J connectivity index is 0. The fourth-order valence-corrected chi connectivity index (χ4v) is 1.43. The van der Waals surface area contributed by atoms with Gasteiger partial charge in [0.25, 0.3) is 5.13 Å². The molecule has 8 heteroatoms. The normalized spacial score (nSPS) is 16.8. The van der Waals surface area contributed by atoms with Crippen molar-refractivity contribution in [3.63, 3.8) is 0 Å². The molecule has 2 unspecified atom stereocenters. The topological polar surface area (TPSA) is 0 Å². The fraction of sp³-hybridized carbons (Fsp3) is 0.500. The van der Waals surface area contributed by atoms with E-state index in [1.807, 2.05) is 0 Å². The van der Waals surface area contributed by atoms with Gasteiger partial charge in [-0.2, -0.15) is 8.78 Å². The van der Waals surface area contributed by atoms with Crippen LogP contribution in [0, 0.1) is 0 Å². The van der Waals surface area contributed by atoms with Gasteiger partial charge in [0.1, 0.15) is 10.2 Å². The molecule has 0 bridgehead atoms. The van der Waals surface area contributed by atoms with E-state index < -0.39 is 20.2 Å². The number of rotatable bonds is 4. The zero-order valence-electron chi connectivity index (χ0n) is 7.75. The summed E-state index contributed by atoms with van der Waals surface area (Å²) in [5, 5.41) is -5.44. The number of allylic oxidation sites excluding steroid dienone is 2. The van der Waals surface area contributed by atoms with E-state index in [-0.39, 0.29) is 0 Å². The molecule has 96 valence electrons. The van der Waals surface area contributed by atoms with Crippen molar-refractivity contribution >= 4 is 62.3 Å². The van der Waals surface area contributed by atoms with Crippen LogP contribution < -0.4 is 0 Å². The summed E-state index contributed by atoms with van der Waals surface area (Å²) in [6, 6.07) is 0. The number of hydrogen-bond donors (Lipinski definition) is 0. The van der Waals surface area contributed by atoms with Gasteiger partial charge in [-0.25, -0.2) is 4.39 Å². The largest absolute Gasteiger partial charge is 0.350 e. The predicted molar refractivity (Wildman–Crippen MR) is 69.1 cm³/mol. The molecule has 2 atom stereocenters. The number of halogens is 8. The molecule has 0 amide bonds. The van der Waals surface area contributed by atoms with Crippen LogP contribution in [-0.4, -0.2) is 20.2 Å². The van der Waals surface area contributed by atoms with Crippen molar-refractivity contribution in [2.45, 2.75) is 20.2 Å². The highest BCUT2D eigenvalue weighted by molar-refractivity contribution is 9.10. The van der Waals surface area contributed by atoms with Crippen molar-refractivity contribution in [3.8, 4) is 0 Å². The summed E-state index contributed by atoms with van der Waals surface area (Å²) in [6.07, 6.45) is 3.28. The average molecular weight is 383 g/mol. The van der Waals surface area contributed by atoms with Gasteiger partial charge in [-0.1, -0.05) is 36.9 Å². The molecule has 0 saturated heterocycles. The molecule has 0 saturated carbocycles. The Morgan fingerprint density at radius 3 is 1.44 bits per heavy atom. The SMILES string of the molecule is C=CC=C.FC(F)(Br)C(F)(Cl)C(Cl)C(Cl)Cl. The maximum Gasteiger partial charge on any atom is 0.350 e. The van der Waals surface area contributed by atoms with Crippen LogP contribution in [0.3, 0.4) is 0 Å². The highest BCUT2D eigenvalue weighted by Crippen LogP contribution is 2.47. The third kappa shape index (κ3) is 6.60. The molecule has 0 fully saturated rings. The Hall–Kier alpha value is 0.910. The summed E-state index contributed by atoms with van der Waals surface area (Å²) >= 11 is 21.8. The van der Waals surface area contributed by atoms with Gasteiger partial charge < -0.3 is 0 Å². The second kappa shape index (κ2) is 8.09. The van der Waals surface area contributed by atoms with Gasteiger partial charge in [0.15, 0.2) is 0 Å². The standard InChI is InChI=1S/C4H2BrCl4F3.C4H6/c5-4(11,12)3(9,10)1(6)2(7)8;1-3-4-2/h1-2H;3-4H,1-2H2. The van der Waals surface area contributed by atoms with Gasteiger partial charge >= 0.3 is 4.83 Å². The van der Waals surface area contributed by atoms with Crippen molar-refractivity contribution in [1.82, 2.24) is 0 Å². The summed E-state index contributed by atoms with van der Waals surface area (Å²) < 4.78 is 37.5. The second-order valence-electron chi connectivity index (χ2n) is 2.33. The lowest BCUT2D eigenvalue weighted by molar-refractivity contribution is -0.00531. The molecule has 0 aliphatic rings. The lowest BCUT2D eigenvalue weighted by atomic mass is 10.3. The summed E-state index contributed by atoms with van der Waals surface area (Å²) in [6.45, 7) is 6.72. The predicted octanol–water partition coefficient (Wildman–Crippen LogP) is 5.65. The first-order valence-electron chi connectivity index (χ1n) is 3.62. The summed E-state index contributed by atoms with van der Waals surface area (Å²) in [7, 11) is 0. The molecule has 0 aliphatic carbocycles.